The molecule has 2 heterocycles. The summed E-state index contributed by atoms with van der Waals surface area (Å²) < 4.78 is 5.36. The van der Waals surface area contributed by atoms with Crippen LogP contribution in [-0.4, -0.2) is 20.1 Å². The van der Waals surface area contributed by atoms with Crippen molar-refractivity contribution < 1.29 is 4.52 Å². The maximum atomic E-state index is 5.36. The fourth-order valence-electron chi connectivity index (χ4n) is 3.71. The van der Waals surface area contributed by atoms with Gasteiger partial charge >= 0.3 is 0 Å². The molecule has 0 spiro atoms. The Balaban J connectivity index is 1.50. The Hall–Kier alpha value is -1.78. The minimum atomic E-state index is 0.547. The van der Waals surface area contributed by atoms with Crippen LogP contribution in [0.4, 0.5) is 0 Å². The van der Waals surface area contributed by atoms with Gasteiger partial charge in [0.2, 0.25) is 11.7 Å². The number of fused-ring (bicyclic) bond motifs is 2. The Morgan fingerprint density at radius 1 is 1.21 bits per heavy atom. The summed E-state index contributed by atoms with van der Waals surface area (Å²) in [5, 5.41) is 4.00. The van der Waals surface area contributed by atoms with Crippen LogP contribution in [0.2, 0.25) is 0 Å². The van der Waals surface area contributed by atoms with Crippen molar-refractivity contribution in [2.24, 2.45) is 17.8 Å². The summed E-state index contributed by atoms with van der Waals surface area (Å²) in [6, 6.07) is 0. The van der Waals surface area contributed by atoms with Gasteiger partial charge in [-0.3, -0.25) is 4.98 Å². The molecule has 2 aromatic heterocycles. The Kier molecular flexibility index (Phi) is 2.57. The van der Waals surface area contributed by atoms with Crippen LogP contribution in [0.1, 0.15) is 31.6 Å². The largest absolute Gasteiger partial charge is 0.339 e. The quantitative estimate of drug-likeness (QED) is 0.844. The summed E-state index contributed by atoms with van der Waals surface area (Å²) >= 11 is 0. The van der Waals surface area contributed by atoms with E-state index < -0.39 is 0 Å². The zero-order chi connectivity index (χ0) is 12.7. The van der Waals surface area contributed by atoms with E-state index in [-0.39, 0.29) is 0 Å². The first-order valence-electron chi connectivity index (χ1n) is 6.97. The molecule has 2 aliphatic carbocycles. The molecule has 2 saturated carbocycles. The van der Waals surface area contributed by atoms with Crippen LogP contribution in [0, 0.1) is 17.8 Å². The van der Waals surface area contributed by atoms with E-state index in [1.807, 2.05) is 0 Å². The van der Waals surface area contributed by atoms with Crippen LogP contribution >= 0.6 is 0 Å². The minimum Gasteiger partial charge on any atom is -0.339 e. The molecule has 0 unspecified atom stereocenters. The molecule has 3 atom stereocenters. The molecule has 4 rings (SSSR count). The molecule has 5 heteroatoms. The highest BCUT2D eigenvalue weighted by atomic mass is 16.5. The van der Waals surface area contributed by atoms with E-state index in [0.717, 1.165) is 30.1 Å². The summed E-state index contributed by atoms with van der Waals surface area (Å²) in [6.45, 7) is 0. The van der Waals surface area contributed by atoms with Crippen LogP contribution in [0.5, 0.6) is 0 Å². The van der Waals surface area contributed by atoms with Crippen molar-refractivity contribution in [3.63, 3.8) is 0 Å². The van der Waals surface area contributed by atoms with Gasteiger partial charge < -0.3 is 4.52 Å². The second kappa shape index (κ2) is 4.40. The number of aromatic nitrogens is 4. The standard InChI is InChI=1S/C14H16N4O/c1-2-10-5-9(1)6-11(10)7-13-17-14(18-19-13)12-8-15-3-4-16-12/h3-4,8-11H,1-2,5-7H2/t9-,10-,11+/m1/s1. The third-order valence-corrected chi connectivity index (χ3v) is 4.58. The monoisotopic (exact) mass is 256 g/mol. The fourth-order valence-corrected chi connectivity index (χ4v) is 3.71. The van der Waals surface area contributed by atoms with E-state index in [1.54, 1.807) is 18.6 Å². The van der Waals surface area contributed by atoms with E-state index >= 15 is 0 Å². The van der Waals surface area contributed by atoms with Gasteiger partial charge in [0.15, 0.2) is 0 Å². The number of nitrogens with zero attached hydrogens (tertiary/aromatic N) is 4. The first-order chi connectivity index (χ1) is 9.38. The van der Waals surface area contributed by atoms with Crippen molar-refractivity contribution >= 4 is 0 Å². The van der Waals surface area contributed by atoms with Crippen LogP contribution in [0.3, 0.4) is 0 Å². The lowest BCUT2D eigenvalue weighted by molar-refractivity contribution is 0.288. The summed E-state index contributed by atoms with van der Waals surface area (Å²) in [5.74, 6) is 3.88. The van der Waals surface area contributed by atoms with Gasteiger partial charge in [0.25, 0.3) is 0 Å². The molecule has 2 aliphatic rings. The highest BCUT2D eigenvalue weighted by Gasteiger charge is 2.40. The molecule has 2 bridgehead atoms. The van der Waals surface area contributed by atoms with Crippen molar-refractivity contribution in [2.45, 2.75) is 32.1 Å². The molecule has 0 radical (unpaired) electrons. The van der Waals surface area contributed by atoms with Gasteiger partial charge in [-0.25, -0.2) is 4.98 Å². The number of hydrogen-bond acceptors (Lipinski definition) is 5. The van der Waals surface area contributed by atoms with Crippen LogP contribution in [0.25, 0.3) is 11.5 Å². The highest BCUT2D eigenvalue weighted by Crippen LogP contribution is 2.49. The van der Waals surface area contributed by atoms with Gasteiger partial charge in [0, 0.05) is 18.8 Å². The molecule has 0 N–H and O–H groups in total. The predicted octanol–water partition coefficient (Wildman–Crippen LogP) is 2.51. The fraction of sp³-hybridized carbons (Fsp3) is 0.571. The third-order valence-electron chi connectivity index (χ3n) is 4.58. The van der Waals surface area contributed by atoms with Crippen molar-refractivity contribution in [3.05, 3.63) is 24.5 Å². The lowest BCUT2D eigenvalue weighted by Gasteiger charge is -2.19. The Bertz CT molecular complexity index is 568. The molecule has 0 aliphatic heterocycles. The van der Waals surface area contributed by atoms with Gasteiger partial charge in [-0.1, -0.05) is 11.6 Å². The van der Waals surface area contributed by atoms with Gasteiger partial charge in [-0.2, -0.15) is 4.98 Å². The average Bonchev–Trinajstić information content (AvgIpc) is 3.16. The second-order valence-corrected chi connectivity index (χ2v) is 5.74. The van der Waals surface area contributed by atoms with Gasteiger partial charge in [0.05, 0.1) is 6.20 Å². The van der Waals surface area contributed by atoms with E-state index in [2.05, 4.69) is 20.1 Å². The molecule has 2 fully saturated rings. The third kappa shape index (κ3) is 2.03. The molecule has 0 amide bonds. The maximum absolute atomic E-state index is 5.36. The van der Waals surface area contributed by atoms with E-state index in [9.17, 15) is 0 Å². The van der Waals surface area contributed by atoms with E-state index in [0.29, 0.717) is 11.5 Å². The summed E-state index contributed by atoms with van der Waals surface area (Å²) in [7, 11) is 0. The lowest BCUT2D eigenvalue weighted by atomic mass is 9.86. The van der Waals surface area contributed by atoms with Crippen molar-refractivity contribution in [1.82, 2.24) is 20.1 Å². The van der Waals surface area contributed by atoms with Crippen molar-refractivity contribution in [3.8, 4) is 11.5 Å². The van der Waals surface area contributed by atoms with Gasteiger partial charge in [0.1, 0.15) is 5.69 Å². The molecule has 19 heavy (non-hydrogen) atoms. The van der Waals surface area contributed by atoms with Crippen molar-refractivity contribution in [2.75, 3.05) is 0 Å². The molecular weight excluding hydrogens is 240 g/mol. The zero-order valence-corrected chi connectivity index (χ0v) is 10.7. The van der Waals surface area contributed by atoms with Crippen molar-refractivity contribution in [1.29, 1.82) is 0 Å². The maximum Gasteiger partial charge on any atom is 0.227 e. The van der Waals surface area contributed by atoms with Crippen LogP contribution < -0.4 is 0 Å². The predicted molar refractivity (Wildman–Crippen MR) is 68.0 cm³/mol. The second-order valence-electron chi connectivity index (χ2n) is 5.74. The Morgan fingerprint density at radius 3 is 2.95 bits per heavy atom. The lowest BCUT2D eigenvalue weighted by Crippen LogP contribution is -2.13. The van der Waals surface area contributed by atoms with E-state index in [1.165, 1.54) is 25.7 Å². The SMILES string of the molecule is c1cnc(-c2noc(C[C@@H]3C[C@@H]4CC[C@@H]3C4)n2)cn1. The first kappa shape index (κ1) is 11.1. The first-order valence-corrected chi connectivity index (χ1v) is 6.97. The molecule has 5 nitrogen and oxygen atoms in total. The highest BCUT2D eigenvalue weighted by molar-refractivity contribution is 5.45. The van der Waals surface area contributed by atoms with E-state index in [4.69, 9.17) is 4.52 Å². The Labute approximate surface area is 111 Å². The summed E-state index contributed by atoms with van der Waals surface area (Å²) in [4.78, 5) is 12.7. The summed E-state index contributed by atoms with van der Waals surface area (Å²) in [5.41, 5.74) is 0.672. The number of rotatable bonds is 3. The molecule has 0 aromatic carbocycles. The van der Waals surface area contributed by atoms with Gasteiger partial charge in [-0.15, -0.1) is 0 Å². The van der Waals surface area contributed by atoms with Crippen LogP contribution in [0.15, 0.2) is 23.1 Å². The Morgan fingerprint density at radius 2 is 2.21 bits per heavy atom. The molecule has 2 aromatic rings. The molecule has 98 valence electrons. The van der Waals surface area contributed by atoms with Gasteiger partial charge in [-0.05, 0) is 37.0 Å². The average molecular weight is 256 g/mol. The smallest absolute Gasteiger partial charge is 0.227 e. The summed E-state index contributed by atoms with van der Waals surface area (Å²) in [6.07, 6.45) is 11.4. The minimum absolute atomic E-state index is 0.547. The normalized spacial score (nSPS) is 28.9. The van der Waals surface area contributed by atoms with Crippen LogP contribution in [-0.2, 0) is 6.42 Å². The molecule has 0 saturated heterocycles. The number of hydrogen-bond donors (Lipinski definition) is 0. The topological polar surface area (TPSA) is 64.7 Å². The molecular formula is C14H16N4O. The zero-order valence-electron chi connectivity index (χ0n) is 10.7.